The minimum Gasteiger partial charge on any atom is -0.369 e. The van der Waals surface area contributed by atoms with Crippen molar-refractivity contribution in [2.24, 2.45) is 0 Å². The Hall–Kier alpha value is -1.55. The molecule has 0 radical (unpaired) electrons. The molecule has 4 heteroatoms. The predicted octanol–water partition coefficient (Wildman–Crippen LogP) is 5.84. The molecule has 1 amide bonds. The van der Waals surface area contributed by atoms with Gasteiger partial charge in [-0.3, -0.25) is 9.69 Å². The molecule has 0 saturated carbocycles. The van der Waals surface area contributed by atoms with Gasteiger partial charge in [-0.25, -0.2) is 0 Å². The lowest BCUT2D eigenvalue weighted by atomic mass is 9.97. The van der Waals surface area contributed by atoms with E-state index >= 15 is 0 Å². The van der Waals surface area contributed by atoms with Gasteiger partial charge in [-0.05, 0) is 70.1 Å². The summed E-state index contributed by atoms with van der Waals surface area (Å²) in [6.45, 7) is 14.3. The van der Waals surface area contributed by atoms with Gasteiger partial charge >= 0.3 is 0 Å². The number of piperidine rings is 1. The van der Waals surface area contributed by atoms with E-state index in [2.05, 4.69) is 55.8 Å². The number of benzene rings is 1. The molecule has 1 fully saturated rings. The first-order valence-electron chi connectivity index (χ1n) is 12.4. The summed E-state index contributed by atoms with van der Waals surface area (Å²) in [5, 5.41) is 3.33. The van der Waals surface area contributed by atoms with E-state index in [1.807, 2.05) is 0 Å². The molecule has 0 spiro atoms. The minimum absolute atomic E-state index is 0.159. The van der Waals surface area contributed by atoms with E-state index < -0.39 is 0 Å². The normalized spacial score (nSPS) is 21.7. The Morgan fingerprint density at radius 1 is 1.07 bits per heavy atom. The molecular weight excluding hydrogens is 370 g/mol. The maximum atomic E-state index is 13.0. The second-order valence-corrected chi connectivity index (χ2v) is 9.68. The number of carbonyl (C=O) groups is 1. The zero-order valence-electron chi connectivity index (χ0n) is 20.0. The molecule has 2 aliphatic rings. The fourth-order valence-electron chi connectivity index (χ4n) is 5.49. The molecule has 1 aromatic carbocycles. The third-order valence-corrected chi connectivity index (χ3v) is 7.29. The van der Waals surface area contributed by atoms with Crippen LogP contribution in [0.4, 0.5) is 11.4 Å². The first kappa shape index (κ1) is 23.1. The van der Waals surface area contributed by atoms with Gasteiger partial charge in [0.15, 0.2) is 0 Å². The Kier molecular flexibility index (Phi) is 8.21. The molecular formula is C26H43N3O. The quantitative estimate of drug-likeness (QED) is 0.517. The molecule has 2 heterocycles. The predicted molar refractivity (Wildman–Crippen MR) is 129 cm³/mol. The summed E-state index contributed by atoms with van der Waals surface area (Å²) in [5.74, 6) is 0.159. The monoisotopic (exact) mass is 413 g/mol. The molecule has 2 aliphatic heterocycles. The summed E-state index contributed by atoms with van der Waals surface area (Å²) in [6, 6.07) is 3.43. The lowest BCUT2D eigenvalue weighted by Crippen LogP contribution is -2.44. The van der Waals surface area contributed by atoms with Crippen LogP contribution in [0.1, 0.15) is 88.8 Å². The van der Waals surface area contributed by atoms with E-state index in [4.69, 9.17) is 0 Å². The first-order valence-corrected chi connectivity index (χ1v) is 12.4. The van der Waals surface area contributed by atoms with E-state index in [0.29, 0.717) is 18.5 Å². The lowest BCUT2D eigenvalue weighted by molar-refractivity contribution is -0.116. The van der Waals surface area contributed by atoms with Crippen molar-refractivity contribution < 1.29 is 4.79 Å². The number of nitrogens with one attached hydrogen (secondary N) is 1. The third kappa shape index (κ3) is 5.38. The molecule has 2 unspecified atom stereocenters. The van der Waals surface area contributed by atoms with Crippen LogP contribution < -0.4 is 10.2 Å². The van der Waals surface area contributed by atoms with Gasteiger partial charge in [-0.1, -0.05) is 38.7 Å². The number of aryl methyl sites for hydroxylation is 2. The number of anilines is 2. The van der Waals surface area contributed by atoms with Crippen molar-refractivity contribution in [2.75, 3.05) is 29.9 Å². The standard InChI is InChI=1S/C26H43N3O/c1-6-7-8-9-15-28-16-13-23-19(2)18-20(3)25(26(23)28)27-24(30)14-17-29-21(4)11-10-12-22(29)5/h18,21-22H,6-17H2,1-5H3,(H,27,30). The minimum atomic E-state index is 0.159. The Bertz CT molecular complexity index is 719. The van der Waals surface area contributed by atoms with E-state index in [9.17, 15) is 4.79 Å². The van der Waals surface area contributed by atoms with Crippen LogP contribution in [0.5, 0.6) is 0 Å². The molecule has 0 bridgehead atoms. The fourth-order valence-corrected chi connectivity index (χ4v) is 5.49. The third-order valence-electron chi connectivity index (χ3n) is 7.29. The Balaban J connectivity index is 1.68. The highest BCUT2D eigenvalue weighted by Gasteiger charge is 2.27. The SMILES string of the molecule is CCCCCCN1CCc2c(C)cc(C)c(NC(=O)CCN3C(C)CCCC3C)c21. The number of amides is 1. The molecule has 4 nitrogen and oxygen atoms in total. The lowest BCUT2D eigenvalue weighted by Gasteiger charge is -2.38. The van der Waals surface area contributed by atoms with Gasteiger partial charge in [-0.2, -0.15) is 0 Å². The van der Waals surface area contributed by atoms with Crippen LogP contribution >= 0.6 is 0 Å². The summed E-state index contributed by atoms with van der Waals surface area (Å²) in [5.41, 5.74) is 6.36. The van der Waals surface area contributed by atoms with Gasteiger partial charge < -0.3 is 10.2 Å². The van der Waals surface area contributed by atoms with Crippen LogP contribution in [0.3, 0.4) is 0 Å². The van der Waals surface area contributed by atoms with Crippen molar-refractivity contribution in [2.45, 2.75) is 104 Å². The fraction of sp³-hybridized carbons (Fsp3) is 0.731. The zero-order chi connectivity index (χ0) is 21.7. The largest absolute Gasteiger partial charge is 0.369 e. The number of hydrogen-bond acceptors (Lipinski definition) is 3. The number of fused-ring (bicyclic) bond motifs is 1. The van der Waals surface area contributed by atoms with E-state index in [-0.39, 0.29) is 5.91 Å². The van der Waals surface area contributed by atoms with Crippen LogP contribution in [-0.4, -0.2) is 42.5 Å². The van der Waals surface area contributed by atoms with Gasteiger partial charge in [0.25, 0.3) is 0 Å². The van der Waals surface area contributed by atoms with Crippen molar-refractivity contribution in [3.63, 3.8) is 0 Å². The van der Waals surface area contributed by atoms with Crippen LogP contribution in [0.2, 0.25) is 0 Å². The van der Waals surface area contributed by atoms with Crippen molar-refractivity contribution in [3.8, 4) is 0 Å². The van der Waals surface area contributed by atoms with Crippen LogP contribution in [0.25, 0.3) is 0 Å². The summed E-state index contributed by atoms with van der Waals surface area (Å²) >= 11 is 0. The van der Waals surface area contributed by atoms with Gasteiger partial charge in [-0.15, -0.1) is 0 Å². The van der Waals surface area contributed by atoms with Crippen LogP contribution in [0.15, 0.2) is 6.07 Å². The molecule has 168 valence electrons. The molecule has 0 aromatic heterocycles. The highest BCUT2D eigenvalue weighted by molar-refractivity contribution is 5.97. The van der Waals surface area contributed by atoms with E-state index in [1.165, 1.54) is 67.3 Å². The van der Waals surface area contributed by atoms with Crippen molar-refractivity contribution in [3.05, 3.63) is 22.8 Å². The second-order valence-electron chi connectivity index (χ2n) is 9.68. The Morgan fingerprint density at radius 2 is 1.80 bits per heavy atom. The summed E-state index contributed by atoms with van der Waals surface area (Å²) < 4.78 is 0. The van der Waals surface area contributed by atoms with E-state index in [1.54, 1.807) is 0 Å². The molecule has 1 N–H and O–H groups in total. The maximum absolute atomic E-state index is 13.0. The van der Waals surface area contributed by atoms with Crippen LogP contribution in [-0.2, 0) is 11.2 Å². The molecule has 1 saturated heterocycles. The highest BCUT2D eigenvalue weighted by Crippen LogP contribution is 2.40. The number of likely N-dealkylation sites (tertiary alicyclic amines) is 1. The van der Waals surface area contributed by atoms with Gasteiger partial charge in [0, 0.05) is 38.1 Å². The topological polar surface area (TPSA) is 35.6 Å². The first-order chi connectivity index (χ1) is 14.4. The Morgan fingerprint density at radius 3 is 2.50 bits per heavy atom. The average molecular weight is 414 g/mol. The second kappa shape index (κ2) is 10.7. The Labute approximate surface area is 184 Å². The van der Waals surface area contributed by atoms with Gasteiger partial charge in [0.2, 0.25) is 5.91 Å². The van der Waals surface area contributed by atoms with Crippen molar-refractivity contribution in [1.29, 1.82) is 0 Å². The summed E-state index contributed by atoms with van der Waals surface area (Å²) in [6.07, 6.45) is 10.6. The van der Waals surface area contributed by atoms with Crippen LogP contribution in [0, 0.1) is 13.8 Å². The smallest absolute Gasteiger partial charge is 0.225 e. The summed E-state index contributed by atoms with van der Waals surface area (Å²) in [4.78, 5) is 18.0. The molecule has 30 heavy (non-hydrogen) atoms. The van der Waals surface area contributed by atoms with Gasteiger partial charge in [0.05, 0.1) is 11.4 Å². The molecule has 2 atom stereocenters. The molecule has 3 rings (SSSR count). The van der Waals surface area contributed by atoms with Crippen molar-refractivity contribution >= 4 is 17.3 Å². The molecule has 0 aliphatic carbocycles. The average Bonchev–Trinajstić information content (AvgIpc) is 3.12. The number of carbonyl (C=O) groups excluding carboxylic acids is 1. The number of nitrogens with zero attached hydrogens (tertiary/aromatic N) is 2. The van der Waals surface area contributed by atoms with Crippen molar-refractivity contribution in [1.82, 2.24) is 4.90 Å². The number of unbranched alkanes of at least 4 members (excludes halogenated alkanes) is 3. The zero-order valence-corrected chi connectivity index (χ0v) is 20.0. The van der Waals surface area contributed by atoms with E-state index in [0.717, 1.165) is 31.7 Å². The summed E-state index contributed by atoms with van der Waals surface area (Å²) in [7, 11) is 0. The molecule has 1 aromatic rings. The van der Waals surface area contributed by atoms with Gasteiger partial charge in [0.1, 0.15) is 0 Å². The highest BCUT2D eigenvalue weighted by atomic mass is 16.1. The number of rotatable bonds is 9. The maximum Gasteiger partial charge on any atom is 0.225 e. The number of hydrogen-bond donors (Lipinski definition) is 1.